The van der Waals surface area contributed by atoms with E-state index in [0.29, 0.717) is 18.8 Å². The Morgan fingerprint density at radius 3 is 3.00 bits per heavy atom. The van der Waals surface area contributed by atoms with E-state index in [1.165, 1.54) is 0 Å². The van der Waals surface area contributed by atoms with Crippen molar-refractivity contribution < 1.29 is 9.59 Å². The number of likely N-dealkylation sites (tertiary alicyclic amines) is 1. The summed E-state index contributed by atoms with van der Waals surface area (Å²) in [5.74, 6) is -0.411. The number of amides is 2. The summed E-state index contributed by atoms with van der Waals surface area (Å²) in [5, 5.41) is 10.8. The summed E-state index contributed by atoms with van der Waals surface area (Å²) in [6.45, 7) is 1.06. The Balaban J connectivity index is 1.43. The van der Waals surface area contributed by atoms with Gasteiger partial charge in [-0.3, -0.25) is 19.7 Å². The number of piperidine rings is 1. The van der Waals surface area contributed by atoms with Crippen molar-refractivity contribution in [3.05, 3.63) is 54.5 Å². The van der Waals surface area contributed by atoms with E-state index in [1.54, 1.807) is 35.5 Å². The van der Waals surface area contributed by atoms with Crippen molar-refractivity contribution in [3.8, 4) is 0 Å². The number of hydrogen-bond acceptors (Lipinski definition) is 4. The van der Waals surface area contributed by atoms with Crippen LogP contribution >= 0.6 is 0 Å². The first-order valence-corrected chi connectivity index (χ1v) is 8.65. The minimum Gasteiger partial charge on any atom is -0.337 e. The second-order valence-electron chi connectivity index (χ2n) is 6.47. The number of H-pyrrole nitrogens is 1. The lowest BCUT2D eigenvalue weighted by Crippen LogP contribution is -2.44. The predicted octanol–water partition coefficient (Wildman–Crippen LogP) is 2.45. The van der Waals surface area contributed by atoms with Crippen LogP contribution in [0.3, 0.4) is 0 Å². The Morgan fingerprint density at radius 2 is 2.15 bits per heavy atom. The molecular weight excluding hydrogens is 330 g/mol. The van der Waals surface area contributed by atoms with Crippen LogP contribution in [0.2, 0.25) is 0 Å². The molecule has 1 unspecified atom stereocenters. The number of rotatable bonds is 3. The van der Waals surface area contributed by atoms with Crippen LogP contribution in [0.1, 0.15) is 23.3 Å². The number of benzene rings is 1. The molecular formula is C19H19N5O2. The molecule has 1 atom stereocenters. The van der Waals surface area contributed by atoms with Gasteiger partial charge in [-0.2, -0.15) is 5.10 Å². The van der Waals surface area contributed by atoms with Gasteiger partial charge < -0.3 is 10.2 Å². The lowest BCUT2D eigenvalue weighted by atomic mass is 9.96. The average molecular weight is 349 g/mol. The van der Waals surface area contributed by atoms with Crippen LogP contribution in [0.4, 0.5) is 5.69 Å². The molecule has 2 N–H and O–H groups in total. The Morgan fingerprint density at radius 1 is 1.23 bits per heavy atom. The van der Waals surface area contributed by atoms with Gasteiger partial charge in [0.1, 0.15) is 5.69 Å². The first kappa shape index (κ1) is 16.3. The summed E-state index contributed by atoms with van der Waals surface area (Å²) in [7, 11) is 0. The standard InChI is InChI=1S/C19H19N5O2/c25-18(22-15-6-7-16-14(10-15)11-21-23-16)13-4-3-9-24(12-13)19(26)17-5-1-2-8-20-17/h1-2,5-8,10-11,13H,3-4,9,12H2,(H,21,23)(H,22,25). The molecule has 0 bridgehead atoms. The molecule has 4 rings (SSSR count). The third-order valence-corrected chi connectivity index (χ3v) is 4.67. The number of carbonyl (C=O) groups excluding carboxylic acids is 2. The average Bonchev–Trinajstić information content (AvgIpc) is 3.16. The molecule has 3 aromatic rings. The van der Waals surface area contributed by atoms with Gasteiger partial charge >= 0.3 is 0 Å². The van der Waals surface area contributed by atoms with E-state index >= 15 is 0 Å². The van der Waals surface area contributed by atoms with Crippen LogP contribution in [0, 0.1) is 5.92 Å². The van der Waals surface area contributed by atoms with Crippen LogP contribution in [0.25, 0.3) is 10.9 Å². The highest BCUT2D eigenvalue weighted by atomic mass is 16.2. The zero-order valence-corrected chi connectivity index (χ0v) is 14.2. The van der Waals surface area contributed by atoms with Crippen molar-refractivity contribution in [2.24, 2.45) is 5.92 Å². The fourth-order valence-electron chi connectivity index (χ4n) is 3.29. The Bertz CT molecular complexity index is 937. The van der Waals surface area contributed by atoms with Crippen molar-refractivity contribution in [1.29, 1.82) is 0 Å². The van der Waals surface area contributed by atoms with Gasteiger partial charge in [0.2, 0.25) is 5.91 Å². The fourth-order valence-corrected chi connectivity index (χ4v) is 3.29. The number of hydrogen-bond donors (Lipinski definition) is 2. The number of nitrogens with one attached hydrogen (secondary N) is 2. The van der Waals surface area contributed by atoms with Crippen LogP contribution in [0.15, 0.2) is 48.8 Å². The van der Waals surface area contributed by atoms with Gasteiger partial charge in [0.15, 0.2) is 0 Å². The molecule has 3 heterocycles. The van der Waals surface area contributed by atoms with Crippen LogP contribution in [-0.4, -0.2) is 45.0 Å². The molecule has 2 amide bonds. The van der Waals surface area contributed by atoms with E-state index in [4.69, 9.17) is 0 Å². The fraction of sp³-hybridized carbons (Fsp3) is 0.263. The molecule has 26 heavy (non-hydrogen) atoms. The van der Waals surface area contributed by atoms with Crippen molar-refractivity contribution in [2.45, 2.75) is 12.8 Å². The van der Waals surface area contributed by atoms with Crippen molar-refractivity contribution >= 4 is 28.4 Å². The van der Waals surface area contributed by atoms with Gasteiger partial charge in [-0.25, -0.2) is 0 Å². The lowest BCUT2D eigenvalue weighted by molar-refractivity contribution is -0.121. The molecule has 1 aliphatic heterocycles. The second-order valence-corrected chi connectivity index (χ2v) is 6.47. The molecule has 0 radical (unpaired) electrons. The first-order chi connectivity index (χ1) is 12.7. The lowest BCUT2D eigenvalue weighted by Gasteiger charge is -2.31. The van der Waals surface area contributed by atoms with Gasteiger partial charge in [-0.15, -0.1) is 0 Å². The number of nitrogens with zero attached hydrogens (tertiary/aromatic N) is 3. The SMILES string of the molecule is O=C(Nc1ccc2[nH]ncc2c1)C1CCCN(C(=O)c2ccccn2)C1. The van der Waals surface area contributed by atoms with Crippen molar-refractivity contribution in [3.63, 3.8) is 0 Å². The van der Waals surface area contributed by atoms with Crippen LogP contribution in [0.5, 0.6) is 0 Å². The summed E-state index contributed by atoms with van der Waals surface area (Å²) in [6, 6.07) is 10.9. The summed E-state index contributed by atoms with van der Waals surface area (Å²) in [4.78, 5) is 31.1. The Kier molecular flexibility index (Phi) is 4.35. The maximum Gasteiger partial charge on any atom is 0.272 e. The molecule has 1 fully saturated rings. The molecule has 0 aliphatic carbocycles. The van der Waals surface area contributed by atoms with Crippen LogP contribution in [-0.2, 0) is 4.79 Å². The maximum atomic E-state index is 12.7. The molecule has 1 aromatic carbocycles. The van der Waals surface area contributed by atoms with Crippen molar-refractivity contribution in [1.82, 2.24) is 20.1 Å². The maximum absolute atomic E-state index is 12.7. The van der Waals surface area contributed by atoms with E-state index in [9.17, 15) is 9.59 Å². The molecule has 0 spiro atoms. The number of anilines is 1. The number of aromatic amines is 1. The Hall–Kier alpha value is -3.22. The van der Waals surface area contributed by atoms with Gasteiger partial charge in [-0.05, 0) is 43.2 Å². The molecule has 132 valence electrons. The molecule has 1 aliphatic rings. The topological polar surface area (TPSA) is 91.0 Å². The third-order valence-electron chi connectivity index (χ3n) is 4.67. The third kappa shape index (κ3) is 3.28. The molecule has 7 heteroatoms. The molecule has 2 aromatic heterocycles. The largest absolute Gasteiger partial charge is 0.337 e. The van der Waals surface area contributed by atoms with Gasteiger partial charge in [0, 0.05) is 30.4 Å². The second kappa shape index (κ2) is 6.95. The summed E-state index contributed by atoms with van der Waals surface area (Å²) in [6.07, 6.45) is 4.90. The summed E-state index contributed by atoms with van der Waals surface area (Å²) in [5.41, 5.74) is 2.07. The van der Waals surface area contributed by atoms with E-state index in [-0.39, 0.29) is 17.7 Å². The quantitative estimate of drug-likeness (QED) is 0.760. The van der Waals surface area contributed by atoms with Crippen LogP contribution < -0.4 is 5.32 Å². The zero-order valence-electron chi connectivity index (χ0n) is 14.2. The van der Waals surface area contributed by atoms with Gasteiger partial charge in [0.05, 0.1) is 17.6 Å². The first-order valence-electron chi connectivity index (χ1n) is 8.65. The highest BCUT2D eigenvalue weighted by Gasteiger charge is 2.29. The van der Waals surface area contributed by atoms with E-state index in [0.717, 1.165) is 29.4 Å². The smallest absolute Gasteiger partial charge is 0.272 e. The predicted molar refractivity (Wildman–Crippen MR) is 97.6 cm³/mol. The normalized spacial score (nSPS) is 17.2. The summed E-state index contributed by atoms with van der Waals surface area (Å²) < 4.78 is 0. The van der Waals surface area contributed by atoms with E-state index in [1.807, 2.05) is 18.2 Å². The molecule has 7 nitrogen and oxygen atoms in total. The number of aromatic nitrogens is 3. The van der Waals surface area contributed by atoms with E-state index in [2.05, 4.69) is 20.5 Å². The van der Waals surface area contributed by atoms with E-state index < -0.39 is 0 Å². The highest BCUT2D eigenvalue weighted by Crippen LogP contribution is 2.22. The zero-order chi connectivity index (χ0) is 17.9. The van der Waals surface area contributed by atoms with Gasteiger partial charge in [-0.1, -0.05) is 6.07 Å². The Labute approximate surface area is 150 Å². The van der Waals surface area contributed by atoms with Crippen molar-refractivity contribution in [2.75, 3.05) is 18.4 Å². The minimum atomic E-state index is -0.226. The number of fused-ring (bicyclic) bond motifs is 1. The van der Waals surface area contributed by atoms with Gasteiger partial charge in [0.25, 0.3) is 5.91 Å². The highest BCUT2D eigenvalue weighted by molar-refractivity contribution is 5.96. The molecule has 1 saturated heterocycles. The number of pyridine rings is 1. The monoisotopic (exact) mass is 349 g/mol. The minimum absolute atomic E-state index is 0.0636. The number of carbonyl (C=O) groups is 2. The molecule has 0 saturated carbocycles. The summed E-state index contributed by atoms with van der Waals surface area (Å²) >= 11 is 0.